The van der Waals surface area contributed by atoms with Gasteiger partial charge in [0.15, 0.2) is 12.4 Å². The Morgan fingerprint density at radius 2 is 0.911 bits per heavy atom. The monoisotopic (exact) mass is 1110 g/mol. The number of carbonyl (C=O) groups is 2. The number of unbranched alkanes of at least 4 members (excludes halogenated alkanes) is 23. The van der Waals surface area contributed by atoms with E-state index in [-0.39, 0.29) is 19.4 Å². The van der Waals surface area contributed by atoms with E-state index >= 15 is 0 Å². The first-order chi connectivity index (χ1) is 38.7. The second-order valence-electron chi connectivity index (χ2n) is 21.4. The molecular weight excluding hydrogens is 991 g/mol. The van der Waals surface area contributed by atoms with E-state index in [0.717, 1.165) is 109 Å². The molecule has 0 aromatic carbocycles. The van der Waals surface area contributed by atoms with E-state index in [4.69, 9.17) is 14.2 Å². The molecule has 8 unspecified atom stereocenters. The van der Waals surface area contributed by atoms with Crippen LogP contribution in [0.5, 0.6) is 0 Å². The molecule has 11 heteroatoms. The Morgan fingerprint density at radius 1 is 0.506 bits per heavy atom. The summed E-state index contributed by atoms with van der Waals surface area (Å²) < 4.78 is 17.6. The molecule has 1 fully saturated rings. The van der Waals surface area contributed by atoms with Crippen LogP contribution in [0.3, 0.4) is 0 Å². The molecule has 6 N–H and O–H groups in total. The standard InChI is InChI=1S/C68H115NO10/c1-4-7-10-13-16-19-22-25-26-27-28-29-30-31-32-33-34-35-36-38-41-44-47-50-53-56-63(73)79-66-65(75)64(74)62(57-70)78-68(66)77-58-59(60(71)54-51-48-45-42-40-37-23-20-17-14-11-8-5-2)69-67(76)61(72)55-52-49-46-43-39-24-21-18-15-12-9-6-3/h7,10,16,19,25-26,28-29,31-32,34-35,39,43,49,51-52,54,59-62,64-66,68,70-72,74-75H,4-6,8-9,11-15,17-18,20-24,27,30,33,36-38,40-42,44-48,50,53,55-58H2,1-3H3,(H,69,76)/b10-7-,19-16-,26-25-,29-28-,32-31-,35-34-,43-39-,52-49+,54-51+. The van der Waals surface area contributed by atoms with E-state index in [1.165, 1.54) is 89.9 Å². The van der Waals surface area contributed by atoms with Crippen molar-refractivity contribution in [3.8, 4) is 0 Å². The van der Waals surface area contributed by atoms with Crippen molar-refractivity contribution in [2.45, 2.75) is 294 Å². The normalized spacial score (nSPS) is 19.6. The van der Waals surface area contributed by atoms with Gasteiger partial charge in [0.1, 0.15) is 24.4 Å². The topological polar surface area (TPSA) is 175 Å². The number of rotatable bonds is 52. The van der Waals surface area contributed by atoms with Crippen molar-refractivity contribution in [2.75, 3.05) is 13.2 Å². The van der Waals surface area contributed by atoms with Crippen LogP contribution >= 0.6 is 0 Å². The molecule has 8 atom stereocenters. The highest BCUT2D eigenvalue weighted by Crippen LogP contribution is 2.26. The number of allylic oxidation sites excluding steroid dienone is 16. The molecule has 0 aromatic heterocycles. The molecule has 11 nitrogen and oxygen atoms in total. The first-order valence-corrected chi connectivity index (χ1v) is 31.7. The molecule has 1 heterocycles. The number of nitrogens with one attached hydrogen (secondary N) is 1. The van der Waals surface area contributed by atoms with Crippen molar-refractivity contribution >= 4 is 11.9 Å². The minimum atomic E-state index is -1.64. The zero-order chi connectivity index (χ0) is 57.5. The minimum absolute atomic E-state index is 0.0760. The van der Waals surface area contributed by atoms with Crippen molar-refractivity contribution < 1.29 is 49.3 Å². The molecule has 0 aliphatic carbocycles. The van der Waals surface area contributed by atoms with E-state index in [1.54, 1.807) is 12.2 Å². The number of carbonyl (C=O) groups excluding carboxylic acids is 2. The third-order valence-corrected chi connectivity index (χ3v) is 14.2. The zero-order valence-electron chi connectivity index (χ0n) is 50.0. The Morgan fingerprint density at radius 3 is 1.37 bits per heavy atom. The van der Waals surface area contributed by atoms with E-state index in [1.807, 2.05) is 12.2 Å². The number of amides is 1. The minimum Gasteiger partial charge on any atom is -0.454 e. The van der Waals surface area contributed by atoms with Crippen molar-refractivity contribution in [3.05, 3.63) is 109 Å². The second-order valence-corrected chi connectivity index (χ2v) is 21.4. The van der Waals surface area contributed by atoms with E-state index in [0.29, 0.717) is 12.8 Å². The molecular formula is C68H115NO10. The molecule has 452 valence electrons. The molecule has 0 bridgehead atoms. The van der Waals surface area contributed by atoms with Crippen molar-refractivity contribution in [1.29, 1.82) is 0 Å². The van der Waals surface area contributed by atoms with Crippen LogP contribution in [0.4, 0.5) is 0 Å². The Balaban J connectivity index is 2.66. The number of aliphatic hydroxyl groups is 5. The van der Waals surface area contributed by atoms with Gasteiger partial charge in [0.05, 0.1) is 25.4 Å². The third kappa shape index (κ3) is 42.8. The van der Waals surface area contributed by atoms with Gasteiger partial charge >= 0.3 is 5.97 Å². The van der Waals surface area contributed by atoms with Crippen molar-refractivity contribution in [2.24, 2.45) is 0 Å². The van der Waals surface area contributed by atoms with Crippen LogP contribution < -0.4 is 5.32 Å². The quantitative estimate of drug-likeness (QED) is 0.0195. The lowest BCUT2D eigenvalue weighted by Crippen LogP contribution is -2.61. The first-order valence-electron chi connectivity index (χ1n) is 31.7. The molecule has 1 aliphatic heterocycles. The average molecular weight is 1110 g/mol. The van der Waals surface area contributed by atoms with E-state index < -0.39 is 67.4 Å². The molecule has 1 aliphatic rings. The van der Waals surface area contributed by atoms with Gasteiger partial charge in [-0.3, -0.25) is 9.59 Å². The highest BCUT2D eigenvalue weighted by Gasteiger charge is 2.47. The second kappa shape index (κ2) is 54.9. The fraction of sp³-hybridized carbons (Fsp3) is 0.706. The first kappa shape index (κ1) is 73.3. The highest BCUT2D eigenvalue weighted by atomic mass is 16.7. The highest BCUT2D eigenvalue weighted by molar-refractivity contribution is 5.81. The molecule has 0 aromatic rings. The van der Waals surface area contributed by atoms with Crippen molar-refractivity contribution in [3.63, 3.8) is 0 Å². The lowest BCUT2D eigenvalue weighted by molar-refractivity contribution is -0.305. The van der Waals surface area contributed by atoms with Gasteiger partial charge in [-0.15, -0.1) is 0 Å². The summed E-state index contributed by atoms with van der Waals surface area (Å²) in [6.07, 6.45) is 64.3. The van der Waals surface area contributed by atoms with Crippen LogP contribution in [0.15, 0.2) is 109 Å². The number of aliphatic hydroxyl groups excluding tert-OH is 5. The zero-order valence-corrected chi connectivity index (χ0v) is 50.0. The molecule has 79 heavy (non-hydrogen) atoms. The van der Waals surface area contributed by atoms with Gasteiger partial charge in [-0.1, -0.05) is 252 Å². The lowest BCUT2D eigenvalue weighted by atomic mass is 9.99. The van der Waals surface area contributed by atoms with Gasteiger partial charge in [0, 0.05) is 12.8 Å². The summed E-state index contributed by atoms with van der Waals surface area (Å²) in [6.45, 7) is 5.61. The Bertz CT molecular complexity index is 1700. The van der Waals surface area contributed by atoms with Gasteiger partial charge < -0.3 is 45.1 Å². The largest absolute Gasteiger partial charge is 0.454 e. The third-order valence-electron chi connectivity index (χ3n) is 14.2. The molecule has 0 radical (unpaired) electrons. The van der Waals surface area contributed by atoms with Crippen LogP contribution in [-0.4, -0.2) is 99.6 Å². The Hall–Kier alpha value is -3.68. The maximum absolute atomic E-state index is 13.4. The van der Waals surface area contributed by atoms with E-state index in [9.17, 15) is 35.1 Å². The molecule has 0 saturated carbocycles. The number of ether oxygens (including phenoxy) is 3. The maximum Gasteiger partial charge on any atom is 0.306 e. The van der Waals surface area contributed by atoms with Gasteiger partial charge in [0.2, 0.25) is 5.91 Å². The number of esters is 1. The summed E-state index contributed by atoms with van der Waals surface area (Å²) in [4.78, 5) is 26.5. The van der Waals surface area contributed by atoms with Gasteiger partial charge in [-0.25, -0.2) is 0 Å². The summed E-state index contributed by atoms with van der Waals surface area (Å²) in [5.41, 5.74) is 0. The van der Waals surface area contributed by atoms with Crippen LogP contribution in [-0.2, 0) is 23.8 Å². The number of hydrogen-bond donors (Lipinski definition) is 6. The van der Waals surface area contributed by atoms with E-state index in [2.05, 4.69) is 111 Å². The van der Waals surface area contributed by atoms with Crippen LogP contribution in [0, 0.1) is 0 Å². The van der Waals surface area contributed by atoms with Crippen LogP contribution in [0.25, 0.3) is 0 Å². The molecule has 0 spiro atoms. The number of hydrogen-bond acceptors (Lipinski definition) is 10. The summed E-state index contributed by atoms with van der Waals surface area (Å²) in [5, 5.41) is 56.8. The summed E-state index contributed by atoms with van der Waals surface area (Å²) >= 11 is 0. The molecule has 1 rings (SSSR count). The SMILES string of the molecule is CC/C=C\C/C=C\C/C=C\C/C=C\C/C=C\C/C=C\CCCCCCCCC(=O)OC1C(OCC(NC(=O)C(O)C/C=C/C/C=C\CCCCCCCC)C(O)/C=C/CCCCCCCCCCCCC)OC(CO)C(O)C1O. The van der Waals surface area contributed by atoms with Gasteiger partial charge in [-0.2, -0.15) is 0 Å². The van der Waals surface area contributed by atoms with Gasteiger partial charge in [-0.05, 0) is 89.9 Å². The summed E-state index contributed by atoms with van der Waals surface area (Å²) in [5.74, 6) is -1.29. The van der Waals surface area contributed by atoms with Crippen LogP contribution in [0.2, 0.25) is 0 Å². The lowest BCUT2D eigenvalue weighted by Gasteiger charge is -2.41. The average Bonchev–Trinajstić information content (AvgIpc) is 3.48. The Kier molecular flexibility index (Phi) is 50.9. The maximum atomic E-state index is 13.4. The predicted molar refractivity (Wildman–Crippen MR) is 328 cm³/mol. The van der Waals surface area contributed by atoms with Crippen molar-refractivity contribution in [1.82, 2.24) is 5.32 Å². The predicted octanol–water partition coefficient (Wildman–Crippen LogP) is 15.3. The smallest absolute Gasteiger partial charge is 0.306 e. The summed E-state index contributed by atoms with van der Waals surface area (Å²) in [7, 11) is 0. The Labute approximate surface area is 481 Å². The van der Waals surface area contributed by atoms with Gasteiger partial charge in [0.25, 0.3) is 0 Å². The fourth-order valence-corrected chi connectivity index (χ4v) is 9.17. The van der Waals surface area contributed by atoms with Crippen LogP contribution in [0.1, 0.15) is 245 Å². The summed E-state index contributed by atoms with van der Waals surface area (Å²) in [6, 6.07) is -1.06. The molecule has 1 saturated heterocycles. The fourth-order valence-electron chi connectivity index (χ4n) is 9.17. The molecule has 1 amide bonds.